The number of aromatic hydroxyl groups is 1. The van der Waals surface area contributed by atoms with Crippen LogP contribution in [0, 0.1) is 0 Å². The van der Waals surface area contributed by atoms with Gasteiger partial charge in [-0.25, -0.2) is 5.43 Å². The first-order valence-electron chi connectivity index (χ1n) is 6.48. The molecule has 1 fully saturated rings. The van der Waals surface area contributed by atoms with Gasteiger partial charge in [-0.15, -0.1) is 0 Å². The third-order valence-corrected chi connectivity index (χ3v) is 5.52. The molecule has 1 unspecified atom stereocenters. The molecule has 1 saturated heterocycles. The first-order valence-corrected chi connectivity index (χ1v) is 8.97. The Bertz CT molecular complexity index is 434. The fraction of sp³-hybridized carbons (Fsp3) is 0.462. The number of nitrogens with two attached hydrogens (primary N) is 1. The minimum atomic E-state index is -0.423. The molecule has 2 rings (SSSR count). The van der Waals surface area contributed by atoms with Crippen LogP contribution < -0.4 is 11.3 Å². The van der Waals surface area contributed by atoms with Crippen LogP contribution in [0.1, 0.15) is 5.56 Å². The largest absolute Gasteiger partial charge is 0.508 e. The molecule has 0 spiro atoms. The fourth-order valence-electron chi connectivity index (χ4n) is 2.05. The van der Waals surface area contributed by atoms with E-state index in [1.165, 1.54) is 0 Å². The molecule has 0 radical (unpaired) electrons. The Labute approximate surface area is 126 Å². The lowest BCUT2D eigenvalue weighted by atomic mass is 10.1. The molecule has 1 aliphatic heterocycles. The first kappa shape index (κ1) is 15.5. The number of hydrazine groups is 1. The third-order valence-electron chi connectivity index (χ3n) is 3.16. The van der Waals surface area contributed by atoms with Crippen LogP contribution >= 0.6 is 21.6 Å². The number of hydrogen-bond acceptors (Lipinski definition) is 6. The SMILES string of the molecule is NNC(Cc1ccc(O)cc1)C(=O)N1CCSSCC1. The second-order valence-electron chi connectivity index (χ2n) is 4.56. The highest BCUT2D eigenvalue weighted by Gasteiger charge is 2.24. The number of phenolic OH excluding ortho intramolecular Hbond substituents is 1. The van der Waals surface area contributed by atoms with Gasteiger partial charge in [0.15, 0.2) is 0 Å². The highest BCUT2D eigenvalue weighted by atomic mass is 33.1. The standard InChI is InChI=1S/C13H19N3O2S2/c14-15-12(9-10-1-3-11(17)4-2-10)13(18)16-5-7-19-20-8-6-16/h1-4,12,15,17H,5-9,14H2. The van der Waals surface area contributed by atoms with Crippen LogP contribution in [-0.2, 0) is 11.2 Å². The molecule has 0 bridgehead atoms. The Balaban J connectivity index is 1.99. The zero-order chi connectivity index (χ0) is 14.4. The zero-order valence-corrected chi connectivity index (χ0v) is 12.8. The van der Waals surface area contributed by atoms with Crippen molar-refractivity contribution in [2.24, 2.45) is 5.84 Å². The van der Waals surface area contributed by atoms with Gasteiger partial charge in [0.25, 0.3) is 0 Å². The number of rotatable bonds is 4. The predicted octanol–water partition coefficient (Wildman–Crippen LogP) is 0.990. The number of hydrogen-bond donors (Lipinski definition) is 3. The molecule has 4 N–H and O–H groups in total. The summed E-state index contributed by atoms with van der Waals surface area (Å²) in [7, 11) is 3.61. The van der Waals surface area contributed by atoms with Crippen molar-refractivity contribution in [3.8, 4) is 5.75 Å². The Morgan fingerprint density at radius 1 is 1.30 bits per heavy atom. The van der Waals surface area contributed by atoms with Gasteiger partial charge in [-0.1, -0.05) is 33.7 Å². The second-order valence-corrected chi connectivity index (χ2v) is 7.26. The lowest BCUT2D eigenvalue weighted by molar-refractivity contribution is -0.132. The van der Waals surface area contributed by atoms with Crippen molar-refractivity contribution in [3.05, 3.63) is 29.8 Å². The molecule has 0 saturated carbocycles. The molecule has 1 aliphatic rings. The van der Waals surface area contributed by atoms with Crippen molar-refractivity contribution in [2.75, 3.05) is 24.6 Å². The summed E-state index contributed by atoms with van der Waals surface area (Å²) < 4.78 is 0. The van der Waals surface area contributed by atoms with Crippen molar-refractivity contribution in [2.45, 2.75) is 12.5 Å². The molecule has 1 aromatic rings. The Hall–Kier alpha value is -0.890. The number of carbonyl (C=O) groups excluding carboxylic acids is 1. The fourth-order valence-corrected chi connectivity index (χ4v) is 4.03. The van der Waals surface area contributed by atoms with Crippen molar-refractivity contribution in [1.29, 1.82) is 0 Å². The average Bonchev–Trinajstić information content (AvgIpc) is 2.75. The van der Waals surface area contributed by atoms with E-state index in [1.54, 1.807) is 45.9 Å². The molecule has 1 heterocycles. The van der Waals surface area contributed by atoms with E-state index in [2.05, 4.69) is 5.43 Å². The topological polar surface area (TPSA) is 78.6 Å². The van der Waals surface area contributed by atoms with Crippen LogP contribution in [0.3, 0.4) is 0 Å². The summed E-state index contributed by atoms with van der Waals surface area (Å²) >= 11 is 0. The van der Waals surface area contributed by atoms with Gasteiger partial charge in [0.2, 0.25) is 5.91 Å². The van der Waals surface area contributed by atoms with E-state index in [1.807, 2.05) is 4.90 Å². The van der Waals surface area contributed by atoms with Gasteiger partial charge in [-0.05, 0) is 24.1 Å². The highest BCUT2D eigenvalue weighted by molar-refractivity contribution is 8.76. The van der Waals surface area contributed by atoms with Crippen LogP contribution in [0.2, 0.25) is 0 Å². The van der Waals surface area contributed by atoms with Gasteiger partial charge in [-0.3, -0.25) is 10.6 Å². The zero-order valence-electron chi connectivity index (χ0n) is 11.1. The number of amides is 1. The smallest absolute Gasteiger partial charge is 0.241 e. The van der Waals surface area contributed by atoms with Crippen LogP contribution in [-0.4, -0.2) is 46.6 Å². The molecule has 1 aromatic carbocycles. The molecule has 1 atom stereocenters. The van der Waals surface area contributed by atoms with E-state index in [-0.39, 0.29) is 11.7 Å². The first-order chi connectivity index (χ1) is 9.70. The molecule has 110 valence electrons. The molecule has 0 aliphatic carbocycles. The van der Waals surface area contributed by atoms with Gasteiger partial charge >= 0.3 is 0 Å². The molecular formula is C13H19N3O2S2. The van der Waals surface area contributed by atoms with E-state index in [9.17, 15) is 9.90 Å². The van der Waals surface area contributed by atoms with Crippen LogP contribution in [0.25, 0.3) is 0 Å². The number of nitrogens with one attached hydrogen (secondary N) is 1. The predicted molar refractivity (Wildman–Crippen MR) is 84.4 cm³/mol. The normalized spacial score (nSPS) is 17.6. The van der Waals surface area contributed by atoms with E-state index in [4.69, 9.17) is 5.84 Å². The molecule has 20 heavy (non-hydrogen) atoms. The summed E-state index contributed by atoms with van der Waals surface area (Å²) in [6.45, 7) is 1.54. The van der Waals surface area contributed by atoms with Crippen LogP contribution in [0.4, 0.5) is 0 Å². The van der Waals surface area contributed by atoms with Crippen molar-refractivity contribution in [1.82, 2.24) is 10.3 Å². The third kappa shape index (κ3) is 4.31. The van der Waals surface area contributed by atoms with E-state index in [0.29, 0.717) is 6.42 Å². The number of carbonyl (C=O) groups is 1. The maximum Gasteiger partial charge on any atom is 0.241 e. The Morgan fingerprint density at radius 3 is 2.45 bits per heavy atom. The molecule has 5 nitrogen and oxygen atoms in total. The van der Waals surface area contributed by atoms with Gasteiger partial charge < -0.3 is 10.0 Å². The van der Waals surface area contributed by atoms with Crippen LogP contribution in [0.15, 0.2) is 24.3 Å². The maximum absolute atomic E-state index is 12.5. The van der Waals surface area contributed by atoms with Crippen LogP contribution in [0.5, 0.6) is 5.75 Å². The molecule has 1 amide bonds. The maximum atomic E-state index is 12.5. The summed E-state index contributed by atoms with van der Waals surface area (Å²) in [6, 6.07) is 6.43. The molecule has 7 heteroatoms. The Kier molecular flexibility index (Phi) is 6.03. The summed E-state index contributed by atoms with van der Waals surface area (Å²) in [5.74, 6) is 7.71. The monoisotopic (exact) mass is 313 g/mol. The summed E-state index contributed by atoms with van der Waals surface area (Å²) in [5, 5.41) is 9.27. The number of nitrogens with zero attached hydrogens (tertiary/aromatic N) is 1. The lowest BCUT2D eigenvalue weighted by Crippen LogP contribution is -2.51. The summed E-state index contributed by atoms with van der Waals surface area (Å²) in [4.78, 5) is 14.3. The minimum absolute atomic E-state index is 0.0451. The van der Waals surface area contributed by atoms with Crippen molar-refractivity contribution >= 4 is 27.5 Å². The van der Waals surface area contributed by atoms with E-state index >= 15 is 0 Å². The van der Waals surface area contributed by atoms with E-state index < -0.39 is 6.04 Å². The van der Waals surface area contributed by atoms with E-state index in [0.717, 1.165) is 30.2 Å². The molecular weight excluding hydrogens is 294 g/mol. The Morgan fingerprint density at radius 2 is 1.90 bits per heavy atom. The quantitative estimate of drug-likeness (QED) is 0.437. The van der Waals surface area contributed by atoms with Gasteiger partial charge in [-0.2, -0.15) is 0 Å². The molecule has 0 aromatic heterocycles. The van der Waals surface area contributed by atoms with Crippen molar-refractivity contribution < 1.29 is 9.90 Å². The average molecular weight is 313 g/mol. The van der Waals surface area contributed by atoms with Gasteiger partial charge in [0.05, 0.1) is 0 Å². The van der Waals surface area contributed by atoms with Gasteiger partial charge in [0, 0.05) is 24.6 Å². The second kappa shape index (κ2) is 7.78. The number of benzene rings is 1. The summed E-state index contributed by atoms with van der Waals surface area (Å²) in [6.07, 6.45) is 0.520. The summed E-state index contributed by atoms with van der Waals surface area (Å²) in [5.41, 5.74) is 3.59. The number of phenols is 1. The van der Waals surface area contributed by atoms with Gasteiger partial charge in [0.1, 0.15) is 11.8 Å². The lowest BCUT2D eigenvalue weighted by Gasteiger charge is -2.25. The van der Waals surface area contributed by atoms with Crippen molar-refractivity contribution in [3.63, 3.8) is 0 Å². The highest BCUT2D eigenvalue weighted by Crippen LogP contribution is 2.24. The minimum Gasteiger partial charge on any atom is -0.508 e.